The summed E-state index contributed by atoms with van der Waals surface area (Å²) in [7, 11) is 3.24. The average Bonchev–Trinajstić information content (AvgIpc) is 2.83. The van der Waals surface area contributed by atoms with Crippen molar-refractivity contribution in [2.75, 3.05) is 19.5 Å². The second-order valence-electron chi connectivity index (χ2n) is 8.37. The van der Waals surface area contributed by atoms with E-state index in [-0.39, 0.29) is 11.7 Å². The zero-order valence-electron chi connectivity index (χ0n) is 19.5. The Morgan fingerprint density at radius 3 is 2.44 bits per heavy atom. The van der Waals surface area contributed by atoms with Gasteiger partial charge in [0.1, 0.15) is 11.5 Å². The molecule has 0 radical (unpaired) electrons. The lowest BCUT2D eigenvalue weighted by molar-refractivity contribution is 0.0961. The number of ketones is 1. The number of anilines is 2. The maximum atomic E-state index is 13.1. The zero-order valence-corrected chi connectivity index (χ0v) is 19.5. The fourth-order valence-electron chi connectivity index (χ4n) is 4.60. The first-order valence-electron chi connectivity index (χ1n) is 11.1. The average molecular weight is 456 g/mol. The quantitative estimate of drug-likeness (QED) is 0.462. The van der Waals surface area contributed by atoms with Crippen molar-refractivity contribution in [3.8, 4) is 11.5 Å². The fourth-order valence-corrected chi connectivity index (χ4v) is 4.60. The van der Waals surface area contributed by atoms with Gasteiger partial charge in [0.2, 0.25) is 11.9 Å². The number of rotatable bonds is 5. The van der Waals surface area contributed by atoms with Crippen molar-refractivity contribution in [1.29, 1.82) is 0 Å². The van der Waals surface area contributed by atoms with E-state index in [0.717, 1.165) is 22.2 Å². The van der Waals surface area contributed by atoms with Gasteiger partial charge in [-0.05, 0) is 38.0 Å². The van der Waals surface area contributed by atoms with E-state index in [1.807, 2.05) is 56.3 Å². The molecule has 0 saturated heterocycles. The minimum atomic E-state index is -0.0535. The molecule has 1 aliphatic rings. The lowest BCUT2D eigenvalue weighted by Crippen LogP contribution is -2.23. The van der Waals surface area contributed by atoms with Gasteiger partial charge in [-0.15, -0.1) is 0 Å². The molecule has 0 unspecified atom stereocenters. The smallest absolute Gasteiger partial charge is 0.230 e. The second kappa shape index (κ2) is 8.70. The number of Topliss-reactive ketones (excluding diaryl/α,β-unsaturated/α-hetero) is 1. The predicted octanol–water partition coefficient (Wildman–Crippen LogP) is 4.71. The number of aryl methyl sites for hydroxylation is 2. The summed E-state index contributed by atoms with van der Waals surface area (Å²) in [5, 5.41) is 4.14. The van der Waals surface area contributed by atoms with Gasteiger partial charge in [-0.3, -0.25) is 10.1 Å². The van der Waals surface area contributed by atoms with Crippen LogP contribution in [0.2, 0.25) is 0 Å². The fraction of sp³-hybridized carbons (Fsp3) is 0.269. The summed E-state index contributed by atoms with van der Waals surface area (Å²) in [4.78, 5) is 31.5. The third-order valence-corrected chi connectivity index (χ3v) is 6.21. The molecule has 172 valence electrons. The van der Waals surface area contributed by atoms with Gasteiger partial charge >= 0.3 is 0 Å². The number of hydrogen-bond donors (Lipinski definition) is 1. The molecule has 4 aromatic rings. The van der Waals surface area contributed by atoms with Crippen LogP contribution in [0.4, 0.5) is 11.9 Å². The minimum absolute atomic E-state index is 0.0333. The monoisotopic (exact) mass is 455 g/mol. The Morgan fingerprint density at radius 2 is 1.65 bits per heavy atom. The third-order valence-electron chi connectivity index (χ3n) is 6.21. The molecule has 0 aliphatic heterocycles. The van der Waals surface area contributed by atoms with E-state index in [0.29, 0.717) is 53.2 Å². The first-order valence-corrected chi connectivity index (χ1v) is 11.1. The van der Waals surface area contributed by atoms with Crippen molar-refractivity contribution in [2.45, 2.75) is 32.6 Å². The highest BCUT2D eigenvalue weighted by Gasteiger charge is 2.31. The molecule has 5 rings (SSSR count). The van der Waals surface area contributed by atoms with Crippen LogP contribution in [0.5, 0.6) is 11.5 Å². The number of carbonyl (C=O) groups is 1. The van der Waals surface area contributed by atoms with Crippen LogP contribution in [0.1, 0.15) is 45.3 Å². The van der Waals surface area contributed by atoms with Crippen molar-refractivity contribution >= 4 is 28.6 Å². The van der Waals surface area contributed by atoms with E-state index in [2.05, 4.69) is 20.3 Å². The van der Waals surface area contributed by atoms with E-state index >= 15 is 0 Å². The number of ether oxygens (including phenoxy) is 2. The van der Waals surface area contributed by atoms with Gasteiger partial charge in [0, 0.05) is 23.8 Å². The van der Waals surface area contributed by atoms with Crippen LogP contribution >= 0.6 is 0 Å². The first-order chi connectivity index (χ1) is 16.5. The molecule has 1 N–H and O–H groups in total. The SMILES string of the molecule is COc1ccc([C@H]2CC(=O)c3c(C)nc(Nc4nc(C)c5ccccc5n4)nc3C2)c(OC)c1. The molecule has 2 aromatic carbocycles. The number of benzene rings is 2. The summed E-state index contributed by atoms with van der Waals surface area (Å²) in [5.74, 6) is 2.18. The first kappa shape index (κ1) is 21.8. The number of hydrogen-bond acceptors (Lipinski definition) is 8. The van der Waals surface area contributed by atoms with Gasteiger partial charge in [0.05, 0.1) is 42.4 Å². The topological polar surface area (TPSA) is 99.1 Å². The molecule has 0 amide bonds. The highest BCUT2D eigenvalue weighted by molar-refractivity contribution is 6.00. The van der Waals surface area contributed by atoms with Crippen molar-refractivity contribution in [1.82, 2.24) is 19.9 Å². The van der Waals surface area contributed by atoms with Gasteiger partial charge < -0.3 is 9.47 Å². The maximum Gasteiger partial charge on any atom is 0.230 e. The second-order valence-corrected chi connectivity index (χ2v) is 8.37. The van der Waals surface area contributed by atoms with E-state index in [9.17, 15) is 4.79 Å². The third kappa shape index (κ3) is 3.91. The molecular formula is C26H25N5O3. The van der Waals surface area contributed by atoms with Crippen LogP contribution in [-0.2, 0) is 6.42 Å². The van der Waals surface area contributed by atoms with E-state index in [1.165, 1.54) is 0 Å². The van der Waals surface area contributed by atoms with E-state index < -0.39 is 0 Å². The lowest BCUT2D eigenvalue weighted by Gasteiger charge is -2.26. The molecule has 8 heteroatoms. The Balaban J connectivity index is 1.49. The number of aromatic nitrogens is 4. The van der Waals surface area contributed by atoms with Crippen LogP contribution < -0.4 is 14.8 Å². The summed E-state index contributed by atoms with van der Waals surface area (Å²) >= 11 is 0. The number of nitrogens with one attached hydrogen (secondary N) is 1. The molecule has 1 atom stereocenters. The number of carbonyl (C=O) groups excluding carboxylic acids is 1. The molecule has 34 heavy (non-hydrogen) atoms. The summed E-state index contributed by atoms with van der Waals surface area (Å²) in [6, 6.07) is 13.5. The van der Waals surface area contributed by atoms with Crippen LogP contribution in [0.15, 0.2) is 42.5 Å². The molecular weight excluding hydrogens is 430 g/mol. The Bertz CT molecular complexity index is 1420. The van der Waals surface area contributed by atoms with Crippen LogP contribution in [0, 0.1) is 13.8 Å². The molecule has 8 nitrogen and oxygen atoms in total. The normalized spacial score (nSPS) is 15.2. The molecule has 0 saturated carbocycles. The van der Waals surface area contributed by atoms with Crippen molar-refractivity contribution < 1.29 is 14.3 Å². The summed E-state index contributed by atoms with van der Waals surface area (Å²) < 4.78 is 10.9. The minimum Gasteiger partial charge on any atom is -0.497 e. The van der Waals surface area contributed by atoms with Crippen LogP contribution in [-0.4, -0.2) is 39.9 Å². The number of para-hydroxylation sites is 1. The van der Waals surface area contributed by atoms with Gasteiger partial charge in [-0.1, -0.05) is 24.3 Å². The molecule has 0 spiro atoms. The Labute approximate surface area is 197 Å². The Kier molecular flexibility index (Phi) is 5.57. The molecule has 0 bridgehead atoms. The summed E-state index contributed by atoms with van der Waals surface area (Å²) in [6.45, 7) is 3.78. The van der Waals surface area contributed by atoms with E-state index in [4.69, 9.17) is 14.5 Å². The number of nitrogens with zero attached hydrogens (tertiary/aromatic N) is 4. The van der Waals surface area contributed by atoms with Crippen molar-refractivity contribution in [3.05, 3.63) is 70.7 Å². The van der Waals surface area contributed by atoms with Crippen molar-refractivity contribution in [2.24, 2.45) is 0 Å². The predicted molar refractivity (Wildman–Crippen MR) is 129 cm³/mol. The standard InChI is InChI=1S/C26H25N5O3/c1-14-18-7-5-6-8-20(18)29-25(27-14)31-26-28-15(2)24-21(30-26)11-16(12-22(24)32)19-10-9-17(33-3)13-23(19)34-4/h5-10,13,16H,11-12H2,1-4H3,(H,27,28,29,30,31)/t16-/m1/s1. The molecule has 2 heterocycles. The molecule has 0 fully saturated rings. The number of fused-ring (bicyclic) bond motifs is 2. The Morgan fingerprint density at radius 1 is 0.882 bits per heavy atom. The zero-order chi connectivity index (χ0) is 23.8. The summed E-state index contributed by atoms with van der Waals surface area (Å²) in [5.41, 5.74) is 4.63. The lowest BCUT2D eigenvalue weighted by atomic mass is 9.81. The maximum absolute atomic E-state index is 13.1. The van der Waals surface area contributed by atoms with Crippen molar-refractivity contribution in [3.63, 3.8) is 0 Å². The van der Waals surface area contributed by atoms with Gasteiger partial charge in [0.25, 0.3) is 0 Å². The molecule has 2 aromatic heterocycles. The highest BCUT2D eigenvalue weighted by atomic mass is 16.5. The summed E-state index contributed by atoms with van der Waals surface area (Å²) in [6.07, 6.45) is 0.971. The Hall–Kier alpha value is -4.07. The highest BCUT2D eigenvalue weighted by Crippen LogP contribution is 2.39. The van der Waals surface area contributed by atoms with Gasteiger partial charge in [-0.2, -0.15) is 0 Å². The van der Waals surface area contributed by atoms with Gasteiger partial charge in [0.15, 0.2) is 5.78 Å². The van der Waals surface area contributed by atoms with Crippen LogP contribution in [0.25, 0.3) is 10.9 Å². The van der Waals surface area contributed by atoms with Crippen LogP contribution in [0.3, 0.4) is 0 Å². The largest absolute Gasteiger partial charge is 0.497 e. The number of methoxy groups -OCH3 is 2. The van der Waals surface area contributed by atoms with Gasteiger partial charge in [-0.25, -0.2) is 19.9 Å². The molecule has 1 aliphatic carbocycles. The van der Waals surface area contributed by atoms with E-state index in [1.54, 1.807) is 14.2 Å².